The van der Waals surface area contributed by atoms with E-state index in [1.807, 2.05) is 12.4 Å². The smallest absolute Gasteiger partial charge is 0.0717 e. The standard InChI is InChI=1S/C22H22N2O/c1-14-12-20-22(16(3)21(14)18-4-8-23-9-5-18)19(13-15(2)24-20)17-6-10-25-11-7-17/h4-6,8-9,12-13H,7,10-11H2,1-3H3. The average molecular weight is 330 g/mol. The quantitative estimate of drug-likeness (QED) is 0.661. The third-order valence-corrected chi connectivity index (χ3v) is 4.95. The van der Waals surface area contributed by atoms with Crippen molar-refractivity contribution in [1.82, 2.24) is 9.97 Å². The number of hydrogen-bond acceptors (Lipinski definition) is 3. The zero-order valence-electron chi connectivity index (χ0n) is 15.0. The summed E-state index contributed by atoms with van der Waals surface area (Å²) in [5, 5.41) is 1.26. The summed E-state index contributed by atoms with van der Waals surface area (Å²) in [6.07, 6.45) is 6.88. The van der Waals surface area contributed by atoms with Crippen molar-refractivity contribution >= 4 is 16.5 Å². The lowest BCUT2D eigenvalue weighted by Crippen LogP contribution is -2.05. The fraction of sp³-hybridized carbons (Fsp3) is 0.273. The Morgan fingerprint density at radius 2 is 1.84 bits per heavy atom. The highest BCUT2D eigenvalue weighted by molar-refractivity contribution is 5.99. The largest absolute Gasteiger partial charge is 0.377 e. The minimum absolute atomic E-state index is 0.695. The van der Waals surface area contributed by atoms with E-state index in [4.69, 9.17) is 9.72 Å². The van der Waals surface area contributed by atoms with Crippen molar-refractivity contribution in [2.24, 2.45) is 0 Å². The number of fused-ring (bicyclic) bond motifs is 1. The molecule has 0 fully saturated rings. The Hall–Kier alpha value is -2.52. The molecule has 0 aliphatic carbocycles. The molecule has 3 heterocycles. The first-order valence-corrected chi connectivity index (χ1v) is 8.74. The van der Waals surface area contributed by atoms with Gasteiger partial charge in [-0.1, -0.05) is 6.08 Å². The number of aromatic nitrogens is 2. The lowest BCUT2D eigenvalue weighted by molar-refractivity contribution is 0.161. The second kappa shape index (κ2) is 6.41. The molecule has 0 atom stereocenters. The normalized spacial score (nSPS) is 14.6. The highest BCUT2D eigenvalue weighted by Gasteiger charge is 2.17. The maximum Gasteiger partial charge on any atom is 0.0717 e. The van der Waals surface area contributed by atoms with Crippen LogP contribution in [-0.2, 0) is 4.74 Å². The van der Waals surface area contributed by atoms with Gasteiger partial charge in [-0.25, -0.2) is 0 Å². The molecule has 1 aliphatic rings. The Morgan fingerprint density at radius 1 is 1.04 bits per heavy atom. The molecule has 0 saturated heterocycles. The summed E-state index contributed by atoms with van der Waals surface area (Å²) in [5.41, 5.74) is 9.85. The number of pyridine rings is 2. The predicted octanol–water partition coefficient (Wildman–Crippen LogP) is 5.03. The van der Waals surface area contributed by atoms with Crippen LogP contribution in [0.1, 0.15) is 28.8 Å². The van der Waals surface area contributed by atoms with Crippen LogP contribution in [0.25, 0.3) is 27.6 Å². The second-order valence-electron chi connectivity index (χ2n) is 6.69. The van der Waals surface area contributed by atoms with E-state index in [0.29, 0.717) is 6.61 Å². The van der Waals surface area contributed by atoms with Gasteiger partial charge < -0.3 is 4.74 Å². The van der Waals surface area contributed by atoms with Crippen LogP contribution in [0.2, 0.25) is 0 Å². The van der Waals surface area contributed by atoms with Gasteiger partial charge in [0, 0.05) is 23.5 Å². The molecule has 0 N–H and O–H groups in total. The Kier molecular flexibility index (Phi) is 4.10. The van der Waals surface area contributed by atoms with Crippen LogP contribution < -0.4 is 0 Å². The molecule has 0 unspecified atom stereocenters. The molecule has 0 spiro atoms. The van der Waals surface area contributed by atoms with Gasteiger partial charge in [-0.05, 0) is 84.8 Å². The summed E-state index contributed by atoms with van der Waals surface area (Å²) < 4.78 is 5.51. The number of aryl methyl sites for hydroxylation is 3. The lowest BCUT2D eigenvalue weighted by Gasteiger charge is -2.20. The van der Waals surface area contributed by atoms with E-state index < -0.39 is 0 Å². The molecule has 2 aromatic heterocycles. The van der Waals surface area contributed by atoms with E-state index in [2.05, 4.69) is 56.1 Å². The molecule has 0 bridgehead atoms. The number of hydrogen-bond donors (Lipinski definition) is 0. The molecule has 0 saturated carbocycles. The first kappa shape index (κ1) is 16.0. The van der Waals surface area contributed by atoms with Crippen molar-refractivity contribution < 1.29 is 4.74 Å². The van der Waals surface area contributed by atoms with Crippen molar-refractivity contribution in [3.05, 3.63) is 65.1 Å². The molecule has 3 heteroatoms. The molecule has 1 aromatic carbocycles. The van der Waals surface area contributed by atoms with Crippen LogP contribution in [0.5, 0.6) is 0 Å². The van der Waals surface area contributed by atoms with Gasteiger partial charge in [-0.2, -0.15) is 0 Å². The molecule has 25 heavy (non-hydrogen) atoms. The van der Waals surface area contributed by atoms with E-state index in [1.165, 1.54) is 38.8 Å². The van der Waals surface area contributed by atoms with Crippen LogP contribution in [0, 0.1) is 20.8 Å². The summed E-state index contributed by atoms with van der Waals surface area (Å²) in [4.78, 5) is 8.98. The van der Waals surface area contributed by atoms with Crippen LogP contribution in [-0.4, -0.2) is 23.2 Å². The summed E-state index contributed by atoms with van der Waals surface area (Å²) in [7, 11) is 0. The summed E-state index contributed by atoms with van der Waals surface area (Å²) >= 11 is 0. The van der Waals surface area contributed by atoms with Crippen molar-refractivity contribution in [3.63, 3.8) is 0 Å². The van der Waals surface area contributed by atoms with E-state index in [0.717, 1.165) is 24.2 Å². The van der Waals surface area contributed by atoms with Gasteiger partial charge in [-0.15, -0.1) is 0 Å². The predicted molar refractivity (Wildman–Crippen MR) is 103 cm³/mol. The van der Waals surface area contributed by atoms with Gasteiger partial charge in [0.15, 0.2) is 0 Å². The second-order valence-corrected chi connectivity index (χ2v) is 6.69. The number of rotatable bonds is 2. The molecule has 1 aliphatic heterocycles. The number of nitrogens with zero attached hydrogens (tertiary/aromatic N) is 2. The SMILES string of the molecule is Cc1cc(C2=CCOCC2)c2c(C)c(-c3ccncc3)c(C)cc2n1. The van der Waals surface area contributed by atoms with Gasteiger partial charge in [0.2, 0.25) is 0 Å². The lowest BCUT2D eigenvalue weighted by atomic mass is 9.88. The van der Waals surface area contributed by atoms with E-state index in [-0.39, 0.29) is 0 Å². The number of ether oxygens (including phenoxy) is 1. The highest BCUT2D eigenvalue weighted by Crippen LogP contribution is 2.37. The summed E-state index contributed by atoms with van der Waals surface area (Å²) in [5.74, 6) is 0. The molecule has 4 rings (SSSR count). The summed E-state index contributed by atoms with van der Waals surface area (Å²) in [6.45, 7) is 7.94. The Morgan fingerprint density at radius 3 is 2.56 bits per heavy atom. The number of benzene rings is 1. The Labute approximate surface area is 148 Å². The van der Waals surface area contributed by atoms with E-state index in [1.54, 1.807) is 0 Å². The van der Waals surface area contributed by atoms with Gasteiger partial charge in [0.1, 0.15) is 0 Å². The highest BCUT2D eigenvalue weighted by atomic mass is 16.5. The van der Waals surface area contributed by atoms with E-state index >= 15 is 0 Å². The maximum atomic E-state index is 5.51. The minimum atomic E-state index is 0.695. The van der Waals surface area contributed by atoms with Crippen molar-refractivity contribution in [3.8, 4) is 11.1 Å². The molecule has 0 radical (unpaired) electrons. The first-order chi connectivity index (χ1) is 12.1. The molecule has 126 valence electrons. The molecule has 3 aromatic rings. The third-order valence-electron chi connectivity index (χ3n) is 4.95. The minimum Gasteiger partial charge on any atom is -0.377 e. The zero-order valence-corrected chi connectivity index (χ0v) is 15.0. The maximum absolute atomic E-state index is 5.51. The fourth-order valence-corrected chi connectivity index (χ4v) is 3.88. The van der Waals surface area contributed by atoms with Crippen LogP contribution >= 0.6 is 0 Å². The zero-order chi connectivity index (χ0) is 17.4. The van der Waals surface area contributed by atoms with Crippen molar-refractivity contribution in [1.29, 1.82) is 0 Å². The van der Waals surface area contributed by atoms with Crippen LogP contribution in [0.3, 0.4) is 0 Å². The molecule has 0 amide bonds. The fourth-order valence-electron chi connectivity index (χ4n) is 3.88. The monoisotopic (exact) mass is 330 g/mol. The Balaban J connectivity index is 2.05. The average Bonchev–Trinajstić information content (AvgIpc) is 2.62. The van der Waals surface area contributed by atoms with Gasteiger partial charge >= 0.3 is 0 Å². The molecule has 3 nitrogen and oxygen atoms in total. The topological polar surface area (TPSA) is 35.0 Å². The van der Waals surface area contributed by atoms with Crippen molar-refractivity contribution in [2.75, 3.05) is 13.2 Å². The van der Waals surface area contributed by atoms with Crippen LogP contribution in [0.15, 0.2) is 42.7 Å². The molecular weight excluding hydrogens is 308 g/mol. The van der Waals surface area contributed by atoms with Gasteiger partial charge in [-0.3, -0.25) is 9.97 Å². The van der Waals surface area contributed by atoms with E-state index in [9.17, 15) is 0 Å². The molecular formula is C22H22N2O. The van der Waals surface area contributed by atoms with Crippen LogP contribution in [0.4, 0.5) is 0 Å². The first-order valence-electron chi connectivity index (χ1n) is 8.74. The van der Waals surface area contributed by atoms with Gasteiger partial charge in [0.05, 0.1) is 18.7 Å². The third kappa shape index (κ3) is 2.85. The summed E-state index contributed by atoms with van der Waals surface area (Å²) in [6, 6.07) is 8.60. The van der Waals surface area contributed by atoms with Crippen molar-refractivity contribution in [2.45, 2.75) is 27.2 Å². The van der Waals surface area contributed by atoms with Gasteiger partial charge in [0.25, 0.3) is 0 Å². The Bertz CT molecular complexity index is 974.